The van der Waals surface area contributed by atoms with Crippen molar-refractivity contribution >= 4 is 11.7 Å². The van der Waals surface area contributed by atoms with Crippen molar-refractivity contribution in [2.24, 2.45) is 5.16 Å². The van der Waals surface area contributed by atoms with E-state index in [-0.39, 0.29) is 24.4 Å². The Kier molecular flexibility index (Phi) is 7.36. The molecule has 1 atom stereocenters. The van der Waals surface area contributed by atoms with Crippen LogP contribution < -0.4 is 10.8 Å². The molecule has 4 aromatic carbocycles. The normalized spacial score (nSPS) is 14.4. The van der Waals surface area contributed by atoms with Gasteiger partial charge in [0.2, 0.25) is 0 Å². The molecular formula is C30H25F2N3O4. The summed E-state index contributed by atoms with van der Waals surface area (Å²) in [6.07, 6.45) is 0.185. The van der Waals surface area contributed by atoms with Crippen molar-refractivity contribution in [2.75, 3.05) is 7.11 Å². The van der Waals surface area contributed by atoms with Gasteiger partial charge in [-0.05, 0) is 64.1 Å². The number of nitrogens with one attached hydrogen (secondary N) is 2. The molecule has 4 N–H and O–H groups in total. The van der Waals surface area contributed by atoms with E-state index in [1.165, 1.54) is 12.1 Å². The Morgan fingerprint density at radius 2 is 1.64 bits per heavy atom. The maximum atomic E-state index is 14.4. The molecular weight excluding hydrogens is 504 g/mol. The topological polar surface area (TPSA) is 103 Å². The molecule has 0 saturated heterocycles. The Morgan fingerprint density at radius 3 is 2.31 bits per heavy atom. The van der Waals surface area contributed by atoms with Gasteiger partial charge in [-0.1, -0.05) is 53.7 Å². The highest BCUT2D eigenvalue weighted by atomic mass is 19.1. The summed E-state index contributed by atoms with van der Waals surface area (Å²) in [5.74, 6) is -1.60. The van der Waals surface area contributed by atoms with Gasteiger partial charge in [0.15, 0.2) is 5.84 Å². The minimum atomic E-state index is -0.630. The van der Waals surface area contributed by atoms with Crippen LogP contribution in [-0.4, -0.2) is 29.3 Å². The van der Waals surface area contributed by atoms with Crippen LogP contribution in [0.25, 0.3) is 11.1 Å². The van der Waals surface area contributed by atoms with Gasteiger partial charge in [0, 0.05) is 36.4 Å². The zero-order valence-electron chi connectivity index (χ0n) is 20.9. The molecule has 7 nitrogen and oxygen atoms in total. The van der Waals surface area contributed by atoms with Crippen LogP contribution in [0.3, 0.4) is 0 Å². The summed E-state index contributed by atoms with van der Waals surface area (Å²) in [7, 11) is 1.62. The van der Waals surface area contributed by atoms with Crippen molar-refractivity contribution in [2.45, 2.75) is 19.1 Å². The van der Waals surface area contributed by atoms with E-state index in [0.717, 1.165) is 33.9 Å². The molecule has 0 saturated carbocycles. The molecule has 0 spiro atoms. The second-order valence-electron chi connectivity index (χ2n) is 9.18. The number of hydrogen-bond acceptors (Lipinski definition) is 5. The van der Waals surface area contributed by atoms with Crippen molar-refractivity contribution in [1.29, 1.82) is 0 Å². The monoisotopic (exact) mass is 529 g/mol. The van der Waals surface area contributed by atoms with Crippen molar-refractivity contribution in [1.82, 2.24) is 10.8 Å². The summed E-state index contributed by atoms with van der Waals surface area (Å²) in [5.41, 5.74) is 8.31. The standard InChI is InChI=1S/C30H25F2N3O4/c1-39-28-25-9-6-19(24-11-8-23(31)15-27(24)32)12-21(25)14-22-13-20(7-10-26(22)28)30(36)33-16-17-2-4-18(5-3-17)29(34-37)35-38/h2-13,15,28,37-38H,14,16H2,1H3,(H,33,36)(H,34,35)/t28-/m0/s1. The van der Waals surface area contributed by atoms with Crippen LogP contribution >= 0.6 is 0 Å². The van der Waals surface area contributed by atoms with Gasteiger partial charge in [0.25, 0.3) is 5.91 Å². The molecule has 0 unspecified atom stereocenters. The van der Waals surface area contributed by atoms with Crippen LogP contribution in [0.4, 0.5) is 8.78 Å². The number of fused-ring (bicyclic) bond motifs is 2. The van der Waals surface area contributed by atoms with Crippen molar-refractivity contribution in [3.8, 4) is 11.1 Å². The lowest BCUT2D eigenvalue weighted by Crippen LogP contribution is -2.24. The zero-order chi connectivity index (χ0) is 27.5. The second kappa shape index (κ2) is 11.0. The van der Waals surface area contributed by atoms with E-state index < -0.39 is 11.6 Å². The molecule has 39 heavy (non-hydrogen) atoms. The number of methoxy groups -OCH3 is 1. The largest absolute Gasteiger partial charge is 0.409 e. The van der Waals surface area contributed by atoms with E-state index >= 15 is 0 Å². The molecule has 0 bridgehead atoms. The second-order valence-corrected chi connectivity index (χ2v) is 9.18. The van der Waals surface area contributed by atoms with Gasteiger partial charge < -0.3 is 15.3 Å². The number of ether oxygens (including phenoxy) is 1. The van der Waals surface area contributed by atoms with Gasteiger partial charge in [0.1, 0.15) is 17.7 Å². The number of rotatable bonds is 6. The predicted molar refractivity (Wildman–Crippen MR) is 141 cm³/mol. The van der Waals surface area contributed by atoms with Crippen LogP contribution in [0.1, 0.15) is 49.8 Å². The van der Waals surface area contributed by atoms with E-state index in [0.29, 0.717) is 28.7 Å². The minimum absolute atomic E-state index is 0.0921. The first kappa shape index (κ1) is 26.0. The Morgan fingerprint density at radius 1 is 0.949 bits per heavy atom. The average Bonchev–Trinajstić information content (AvgIpc) is 2.95. The lowest BCUT2D eigenvalue weighted by Gasteiger charge is -2.28. The van der Waals surface area contributed by atoms with Crippen LogP contribution in [0, 0.1) is 11.6 Å². The molecule has 0 radical (unpaired) electrons. The zero-order valence-corrected chi connectivity index (χ0v) is 20.9. The number of oxime groups is 1. The number of benzene rings is 4. The Labute approximate surface area is 223 Å². The van der Waals surface area contributed by atoms with Crippen LogP contribution in [0.5, 0.6) is 0 Å². The number of halogens is 2. The summed E-state index contributed by atoms with van der Waals surface area (Å²) in [6, 6.07) is 21.4. The van der Waals surface area contributed by atoms with Gasteiger partial charge in [-0.2, -0.15) is 0 Å². The maximum Gasteiger partial charge on any atom is 0.251 e. The molecule has 198 valence electrons. The summed E-state index contributed by atoms with van der Waals surface area (Å²) in [6.45, 7) is 0.268. The number of hydrogen-bond donors (Lipinski definition) is 4. The molecule has 4 aromatic rings. The van der Waals surface area contributed by atoms with Gasteiger partial charge in [-0.15, -0.1) is 0 Å². The van der Waals surface area contributed by atoms with Gasteiger partial charge >= 0.3 is 0 Å². The van der Waals surface area contributed by atoms with E-state index in [9.17, 15) is 13.6 Å². The Balaban J connectivity index is 1.35. The van der Waals surface area contributed by atoms with E-state index in [4.69, 9.17) is 15.2 Å². The SMILES string of the molecule is CO[C@@H]1c2ccc(C(=O)NCc3ccc(C(=NO)NO)cc3)cc2Cc2cc(-c3ccc(F)cc3F)ccc21. The fourth-order valence-electron chi connectivity index (χ4n) is 4.90. The van der Waals surface area contributed by atoms with Crippen LogP contribution in [-0.2, 0) is 17.7 Å². The smallest absolute Gasteiger partial charge is 0.251 e. The first-order valence-corrected chi connectivity index (χ1v) is 12.2. The van der Waals surface area contributed by atoms with Crippen molar-refractivity contribution in [3.05, 3.63) is 129 Å². The number of amides is 1. The number of hydroxylamine groups is 1. The quantitative estimate of drug-likeness (QED) is 0.117. The van der Waals surface area contributed by atoms with Crippen molar-refractivity contribution in [3.63, 3.8) is 0 Å². The summed E-state index contributed by atoms with van der Waals surface area (Å²) < 4.78 is 33.7. The molecule has 0 aliphatic heterocycles. The number of carbonyl (C=O) groups is 1. The highest BCUT2D eigenvalue weighted by molar-refractivity contribution is 5.97. The Bertz CT molecular complexity index is 1570. The number of carbonyl (C=O) groups excluding carboxylic acids is 1. The lowest BCUT2D eigenvalue weighted by molar-refractivity contribution is 0.0950. The third-order valence-corrected chi connectivity index (χ3v) is 6.86. The lowest BCUT2D eigenvalue weighted by atomic mass is 9.81. The van der Waals surface area contributed by atoms with Crippen LogP contribution in [0.2, 0.25) is 0 Å². The predicted octanol–water partition coefficient (Wildman–Crippen LogP) is 5.32. The van der Waals surface area contributed by atoms with E-state index in [2.05, 4.69) is 10.5 Å². The first-order valence-electron chi connectivity index (χ1n) is 12.2. The highest BCUT2D eigenvalue weighted by Crippen LogP contribution is 2.39. The van der Waals surface area contributed by atoms with Gasteiger partial charge in [0.05, 0.1) is 0 Å². The van der Waals surface area contributed by atoms with Gasteiger partial charge in [-0.25, -0.2) is 14.3 Å². The Hall–Kier alpha value is -4.60. The molecule has 0 fully saturated rings. The first-order chi connectivity index (χ1) is 18.9. The molecule has 1 aliphatic rings. The highest BCUT2D eigenvalue weighted by Gasteiger charge is 2.27. The molecule has 1 aliphatic carbocycles. The molecule has 1 amide bonds. The summed E-state index contributed by atoms with van der Waals surface area (Å²) in [4.78, 5) is 13.0. The number of amidine groups is 1. The van der Waals surface area contributed by atoms with Gasteiger partial charge in [-0.3, -0.25) is 10.0 Å². The van der Waals surface area contributed by atoms with E-state index in [1.54, 1.807) is 49.0 Å². The fraction of sp³-hybridized carbons (Fsp3) is 0.133. The molecule has 5 rings (SSSR count). The average molecular weight is 530 g/mol. The third-order valence-electron chi connectivity index (χ3n) is 6.86. The fourth-order valence-corrected chi connectivity index (χ4v) is 4.90. The summed E-state index contributed by atoms with van der Waals surface area (Å²) in [5, 5.41) is 23.7. The number of nitrogens with zero attached hydrogens (tertiary/aromatic N) is 1. The minimum Gasteiger partial charge on any atom is -0.409 e. The summed E-state index contributed by atoms with van der Waals surface area (Å²) >= 11 is 0. The van der Waals surface area contributed by atoms with Crippen LogP contribution in [0.15, 0.2) is 84.0 Å². The third kappa shape index (κ3) is 5.22. The molecule has 0 heterocycles. The molecule has 0 aromatic heterocycles. The molecule has 9 heteroatoms. The van der Waals surface area contributed by atoms with E-state index in [1.807, 2.05) is 24.3 Å². The van der Waals surface area contributed by atoms with Crippen molar-refractivity contribution < 1.29 is 28.7 Å². The maximum absolute atomic E-state index is 14.4.